The maximum absolute atomic E-state index is 12.6. The van der Waals surface area contributed by atoms with Crippen molar-refractivity contribution in [2.75, 3.05) is 31.9 Å². The molecule has 3 rings (SSSR count). The highest BCUT2D eigenvalue weighted by molar-refractivity contribution is 5.94. The summed E-state index contributed by atoms with van der Waals surface area (Å²) in [5.74, 6) is 1.40. The fourth-order valence-electron chi connectivity index (χ4n) is 3.72. The van der Waals surface area contributed by atoms with Crippen LogP contribution in [0.4, 0.5) is 5.69 Å². The van der Waals surface area contributed by atoms with E-state index < -0.39 is 0 Å². The number of benzene rings is 1. The molecule has 2 fully saturated rings. The van der Waals surface area contributed by atoms with Gasteiger partial charge in [0, 0.05) is 43.5 Å². The lowest BCUT2D eigenvalue weighted by molar-refractivity contribution is 0.0168. The predicted molar refractivity (Wildman–Crippen MR) is 85.1 cm³/mol. The molecule has 2 saturated heterocycles. The Morgan fingerprint density at radius 2 is 1.67 bits per heavy atom. The van der Waals surface area contributed by atoms with Crippen LogP contribution in [0.5, 0.6) is 0 Å². The SMILES string of the molecule is CC(C)N1CC2CC(CN(C(=O)c3ccc(N)cc3)C2)C1. The molecule has 114 valence electrons. The number of fused-ring (bicyclic) bond motifs is 2. The quantitative estimate of drug-likeness (QED) is 0.847. The van der Waals surface area contributed by atoms with Crippen LogP contribution in [0.15, 0.2) is 24.3 Å². The number of nitrogens with two attached hydrogens (primary N) is 1. The molecule has 1 amide bonds. The fraction of sp³-hybridized carbons (Fsp3) is 0.588. The molecule has 2 atom stereocenters. The molecule has 4 nitrogen and oxygen atoms in total. The molecule has 2 N–H and O–H groups in total. The maximum atomic E-state index is 12.6. The summed E-state index contributed by atoms with van der Waals surface area (Å²) in [6.07, 6.45) is 1.27. The van der Waals surface area contributed by atoms with Crippen LogP contribution in [0, 0.1) is 11.8 Å². The van der Waals surface area contributed by atoms with Crippen LogP contribution < -0.4 is 5.73 Å². The standard InChI is InChI=1S/C17H25N3O/c1-12(2)19-8-13-7-14(9-19)11-20(10-13)17(21)15-3-5-16(18)6-4-15/h3-6,12-14H,7-11,18H2,1-2H3. The Morgan fingerprint density at radius 3 is 2.19 bits per heavy atom. The first kappa shape index (κ1) is 14.4. The van der Waals surface area contributed by atoms with Crippen molar-refractivity contribution in [3.63, 3.8) is 0 Å². The van der Waals surface area contributed by atoms with Gasteiger partial charge in [0.15, 0.2) is 0 Å². The number of anilines is 1. The zero-order valence-electron chi connectivity index (χ0n) is 13.0. The number of carbonyl (C=O) groups excluding carboxylic acids is 1. The van der Waals surface area contributed by atoms with E-state index in [-0.39, 0.29) is 5.91 Å². The summed E-state index contributed by atoms with van der Waals surface area (Å²) in [5, 5.41) is 0. The minimum atomic E-state index is 0.155. The van der Waals surface area contributed by atoms with Crippen molar-refractivity contribution in [2.45, 2.75) is 26.3 Å². The Morgan fingerprint density at radius 1 is 1.10 bits per heavy atom. The van der Waals surface area contributed by atoms with Gasteiger partial charge in [0.2, 0.25) is 0 Å². The third-order valence-electron chi connectivity index (χ3n) is 4.78. The highest BCUT2D eigenvalue weighted by Crippen LogP contribution is 2.30. The van der Waals surface area contributed by atoms with Crippen molar-refractivity contribution in [3.05, 3.63) is 29.8 Å². The van der Waals surface area contributed by atoms with Gasteiger partial charge >= 0.3 is 0 Å². The summed E-state index contributed by atoms with van der Waals surface area (Å²) in [4.78, 5) is 17.2. The van der Waals surface area contributed by atoms with Gasteiger partial charge in [-0.3, -0.25) is 4.79 Å². The third kappa shape index (κ3) is 3.05. The second-order valence-electron chi connectivity index (χ2n) is 6.85. The second-order valence-corrected chi connectivity index (χ2v) is 6.85. The molecule has 1 aromatic carbocycles. The summed E-state index contributed by atoms with van der Waals surface area (Å²) in [5.41, 5.74) is 7.15. The number of nitrogen functional groups attached to an aromatic ring is 1. The van der Waals surface area contributed by atoms with Crippen LogP contribution in [0.25, 0.3) is 0 Å². The smallest absolute Gasteiger partial charge is 0.253 e. The van der Waals surface area contributed by atoms with E-state index >= 15 is 0 Å². The largest absolute Gasteiger partial charge is 0.399 e. The maximum Gasteiger partial charge on any atom is 0.253 e. The van der Waals surface area contributed by atoms with E-state index in [2.05, 4.69) is 18.7 Å². The Kier molecular flexibility index (Phi) is 3.89. The minimum Gasteiger partial charge on any atom is -0.399 e. The number of piperidine rings is 2. The molecule has 0 aromatic heterocycles. The lowest BCUT2D eigenvalue weighted by Crippen LogP contribution is -2.55. The van der Waals surface area contributed by atoms with Gasteiger partial charge in [-0.05, 0) is 56.4 Å². The number of hydrogen-bond donors (Lipinski definition) is 1. The van der Waals surface area contributed by atoms with Crippen molar-refractivity contribution >= 4 is 11.6 Å². The Bertz CT molecular complexity index is 497. The average molecular weight is 287 g/mol. The molecule has 2 aliphatic heterocycles. The number of nitrogens with zero attached hydrogens (tertiary/aromatic N) is 2. The highest BCUT2D eigenvalue weighted by atomic mass is 16.2. The van der Waals surface area contributed by atoms with Crippen LogP contribution in [0.2, 0.25) is 0 Å². The number of amides is 1. The summed E-state index contributed by atoms with van der Waals surface area (Å²) in [7, 11) is 0. The molecule has 2 bridgehead atoms. The number of carbonyl (C=O) groups is 1. The summed E-state index contributed by atoms with van der Waals surface area (Å²) in [6, 6.07) is 7.89. The number of rotatable bonds is 2. The van der Waals surface area contributed by atoms with Crippen molar-refractivity contribution in [3.8, 4) is 0 Å². The van der Waals surface area contributed by atoms with Crippen LogP contribution in [-0.2, 0) is 0 Å². The van der Waals surface area contributed by atoms with Gasteiger partial charge in [0.1, 0.15) is 0 Å². The monoisotopic (exact) mass is 287 g/mol. The van der Waals surface area contributed by atoms with Gasteiger partial charge in [0.05, 0.1) is 0 Å². The van der Waals surface area contributed by atoms with E-state index in [0.29, 0.717) is 23.6 Å². The molecule has 2 aliphatic rings. The topological polar surface area (TPSA) is 49.6 Å². The van der Waals surface area contributed by atoms with Gasteiger partial charge in [-0.2, -0.15) is 0 Å². The summed E-state index contributed by atoms with van der Waals surface area (Å²) >= 11 is 0. The molecular formula is C17H25N3O. The van der Waals surface area contributed by atoms with Crippen molar-refractivity contribution in [2.24, 2.45) is 11.8 Å². The van der Waals surface area contributed by atoms with Crippen LogP contribution in [-0.4, -0.2) is 47.9 Å². The third-order valence-corrected chi connectivity index (χ3v) is 4.78. The van der Waals surface area contributed by atoms with Gasteiger partial charge in [-0.25, -0.2) is 0 Å². The number of likely N-dealkylation sites (tertiary alicyclic amines) is 2. The summed E-state index contributed by atoms with van der Waals surface area (Å²) in [6.45, 7) is 8.56. The van der Waals surface area contributed by atoms with E-state index in [1.54, 1.807) is 12.1 Å². The van der Waals surface area contributed by atoms with Crippen LogP contribution >= 0.6 is 0 Å². The lowest BCUT2D eigenvalue weighted by atomic mass is 9.84. The van der Waals surface area contributed by atoms with E-state index in [1.165, 1.54) is 6.42 Å². The van der Waals surface area contributed by atoms with Crippen LogP contribution in [0.3, 0.4) is 0 Å². The Labute approximate surface area is 126 Å². The first-order valence-corrected chi connectivity index (χ1v) is 7.92. The summed E-state index contributed by atoms with van der Waals surface area (Å²) < 4.78 is 0. The minimum absolute atomic E-state index is 0.155. The van der Waals surface area contributed by atoms with Gasteiger partial charge < -0.3 is 15.5 Å². The predicted octanol–water partition coefficient (Wildman–Crippen LogP) is 2.07. The lowest BCUT2D eigenvalue weighted by Gasteiger charge is -2.47. The molecule has 0 aliphatic carbocycles. The Balaban J connectivity index is 1.69. The molecule has 4 heteroatoms. The zero-order valence-corrected chi connectivity index (χ0v) is 13.0. The van der Waals surface area contributed by atoms with Gasteiger partial charge in [-0.1, -0.05) is 0 Å². The molecule has 21 heavy (non-hydrogen) atoms. The van der Waals surface area contributed by atoms with E-state index in [0.717, 1.165) is 31.7 Å². The Hall–Kier alpha value is -1.55. The molecule has 1 aromatic rings. The van der Waals surface area contributed by atoms with E-state index in [1.807, 2.05) is 17.0 Å². The first-order chi connectivity index (χ1) is 10.0. The number of hydrogen-bond acceptors (Lipinski definition) is 3. The molecule has 0 saturated carbocycles. The fourth-order valence-corrected chi connectivity index (χ4v) is 3.72. The van der Waals surface area contributed by atoms with E-state index in [4.69, 9.17) is 5.73 Å². The molecular weight excluding hydrogens is 262 g/mol. The van der Waals surface area contributed by atoms with Crippen molar-refractivity contribution < 1.29 is 4.79 Å². The molecule has 2 heterocycles. The van der Waals surface area contributed by atoms with Crippen molar-refractivity contribution in [1.82, 2.24) is 9.80 Å². The first-order valence-electron chi connectivity index (χ1n) is 7.92. The van der Waals surface area contributed by atoms with Crippen molar-refractivity contribution in [1.29, 1.82) is 0 Å². The van der Waals surface area contributed by atoms with E-state index in [9.17, 15) is 4.79 Å². The van der Waals surface area contributed by atoms with Gasteiger partial charge in [-0.15, -0.1) is 0 Å². The molecule has 0 spiro atoms. The highest BCUT2D eigenvalue weighted by Gasteiger charge is 2.36. The van der Waals surface area contributed by atoms with Gasteiger partial charge in [0.25, 0.3) is 5.91 Å². The normalized spacial score (nSPS) is 26.1. The molecule has 2 unspecified atom stereocenters. The molecule has 0 radical (unpaired) electrons. The zero-order chi connectivity index (χ0) is 15.0. The average Bonchev–Trinajstić information content (AvgIpc) is 2.46. The van der Waals surface area contributed by atoms with Crippen LogP contribution in [0.1, 0.15) is 30.6 Å². The second kappa shape index (κ2) is 5.68.